The van der Waals surface area contributed by atoms with Crippen LogP contribution >= 0.6 is 11.3 Å². The smallest absolute Gasteiger partial charge is 0.254 e. The number of hydrogen-bond acceptors (Lipinski definition) is 4. The summed E-state index contributed by atoms with van der Waals surface area (Å²) in [4.78, 5) is 15.8. The summed E-state index contributed by atoms with van der Waals surface area (Å²) >= 11 is 1.66. The number of benzene rings is 3. The molecular weight excluding hydrogens is 416 g/mol. The minimum Gasteiger partial charge on any atom is -0.399 e. The second kappa shape index (κ2) is 9.15. The van der Waals surface area contributed by atoms with Crippen LogP contribution in [0.25, 0.3) is 21.9 Å². The van der Waals surface area contributed by atoms with Crippen molar-refractivity contribution in [3.05, 3.63) is 88.6 Å². The maximum atomic E-state index is 13.8. The van der Waals surface area contributed by atoms with Crippen LogP contribution in [0.2, 0.25) is 0 Å². The Bertz CT molecular complexity index is 1230. The average molecular weight is 443 g/mol. The lowest BCUT2D eigenvalue weighted by Crippen LogP contribution is -2.37. The molecule has 1 aliphatic heterocycles. The van der Waals surface area contributed by atoms with Crippen LogP contribution in [-0.4, -0.2) is 30.1 Å². The van der Waals surface area contributed by atoms with E-state index in [0.29, 0.717) is 13.1 Å². The Morgan fingerprint density at radius 2 is 1.91 bits per heavy atom. The minimum absolute atomic E-state index is 0.0435. The van der Waals surface area contributed by atoms with Crippen molar-refractivity contribution in [3.8, 4) is 11.1 Å². The minimum atomic E-state index is 0.0435. The highest BCUT2D eigenvalue weighted by atomic mass is 32.1. The third-order valence-corrected chi connectivity index (χ3v) is 6.77. The molecule has 0 saturated carbocycles. The van der Waals surface area contributed by atoms with Gasteiger partial charge in [0.1, 0.15) is 0 Å². The Balaban J connectivity index is 1.54. The highest BCUT2D eigenvalue weighted by Crippen LogP contribution is 2.32. The fraction of sp³-hybridized carbons (Fsp3) is 0.222. The van der Waals surface area contributed by atoms with E-state index in [1.54, 1.807) is 11.3 Å². The molecule has 5 heteroatoms. The molecule has 1 aliphatic rings. The van der Waals surface area contributed by atoms with Gasteiger partial charge in [0.05, 0.1) is 6.10 Å². The zero-order valence-corrected chi connectivity index (χ0v) is 18.7. The molecule has 1 atom stereocenters. The van der Waals surface area contributed by atoms with Crippen LogP contribution in [0.5, 0.6) is 0 Å². The second-order valence-electron chi connectivity index (χ2n) is 8.28. The van der Waals surface area contributed by atoms with Crippen molar-refractivity contribution < 1.29 is 9.53 Å². The van der Waals surface area contributed by atoms with Gasteiger partial charge in [0.2, 0.25) is 0 Å². The average Bonchev–Trinajstić information content (AvgIpc) is 3.52. The van der Waals surface area contributed by atoms with Crippen LogP contribution in [0.15, 0.2) is 77.5 Å². The molecule has 4 aromatic rings. The first-order chi connectivity index (χ1) is 15.7. The van der Waals surface area contributed by atoms with Crippen LogP contribution in [0.1, 0.15) is 28.8 Å². The summed E-state index contributed by atoms with van der Waals surface area (Å²) in [7, 11) is 0. The predicted octanol–water partition coefficient (Wildman–Crippen LogP) is 5.97. The van der Waals surface area contributed by atoms with Crippen molar-refractivity contribution >= 4 is 33.7 Å². The van der Waals surface area contributed by atoms with Gasteiger partial charge in [-0.3, -0.25) is 4.79 Å². The molecule has 0 spiro atoms. The largest absolute Gasteiger partial charge is 0.399 e. The number of amides is 1. The van der Waals surface area contributed by atoms with Crippen molar-refractivity contribution in [1.29, 1.82) is 0 Å². The van der Waals surface area contributed by atoms with Gasteiger partial charge in [-0.2, -0.15) is 11.3 Å². The molecule has 0 aliphatic carbocycles. The summed E-state index contributed by atoms with van der Waals surface area (Å²) in [6, 6.07) is 22.1. The number of nitrogen functional groups attached to an aromatic ring is 1. The fourth-order valence-electron chi connectivity index (χ4n) is 4.48. The van der Waals surface area contributed by atoms with Gasteiger partial charge in [-0.15, -0.1) is 0 Å². The topological polar surface area (TPSA) is 55.6 Å². The SMILES string of the molecule is Nc1cccc(-c2cccc3c(C(=O)N(Cc4ccsc4)CC4CCCO4)cccc23)c1. The van der Waals surface area contributed by atoms with Crippen molar-refractivity contribution in [2.75, 3.05) is 18.9 Å². The van der Waals surface area contributed by atoms with Crippen LogP contribution in [0.4, 0.5) is 5.69 Å². The number of fused-ring (bicyclic) bond motifs is 1. The van der Waals surface area contributed by atoms with Gasteiger partial charge < -0.3 is 15.4 Å². The Hall–Kier alpha value is -3.15. The molecule has 3 aromatic carbocycles. The summed E-state index contributed by atoms with van der Waals surface area (Å²) in [5.41, 5.74) is 10.8. The Kier molecular flexibility index (Phi) is 5.93. The number of carbonyl (C=O) groups is 1. The molecule has 1 aromatic heterocycles. The Labute approximate surface area is 192 Å². The third-order valence-electron chi connectivity index (χ3n) is 6.04. The molecule has 1 amide bonds. The normalized spacial score (nSPS) is 15.8. The van der Waals surface area contributed by atoms with Crippen LogP contribution < -0.4 is 5.73 Å². The van der Waals surface area contributed by atoms with Crippen molar-refractivity contribution in [3.63, 3.8) is 0 Å². The molecule has 5 rings (SSSR count). The quantitative estimate of drug-likeness (QED) is 0.374. The summed E-state index contributed by atoms with van der Waals surface area (Å²) in [5.74, 6) is 0.0435. The number of nitrogens with two attached hydrogens (primary N) is 1. The molecule has 4 nitrogen and oxygen atoms in total. The number of rotatable bonds is 6. The first-order valence-corrected chi connectivity index (χ1v) is 11.9. The van der Waals surface area contributed by atoms with Gasteiger partial charge in [-0.25, -0.2) is 0 Å². The number of hydrogen-bond donors (Lipinski definition) is 1. The van der Waals surface area contributed by atoms with E-state index in [4.69, 9.17) is 10.5 Å². The molecule has 0 radical (unpaired) electrons. The molecule has 1 fully saturated rings. The van der Waals surface area contributed by atoms with E-state index >= 15 is 0 Å². The molecular formula is C27H26N2O2S. The first kappa shape index (κ1) is 20.7. The number of anilines is 1. The lowest BCUT2D eigenvalue weighted by molar-refractivity contribution is 0.0509. The molecule has 1 unspecified atom stereocenters. The van der Waals surface area contributed by atoms with Gasteiger partial charge in [-0.1, -0.05) is 42.5 Å². The van der Waals surface area contributed by atoms with E-state index < -0.39 is 0 Å². The first-order valence-electron chi connectivity index (χ1n) is 11.0. The summed E-state index contributed by atoms with van der Waals surface area (Å²) in [6.45, 7) is 1.98. The number of carbonyl (C=O) groups excluding carboxylic acids is 1. The van der Waals surface area contributed by atoms with E-state index in [-0.39, 0.29) is 12.0 Å². The molecule has 162 valence electrons. The molecule has 32 heavy (non-hydrogen) atoms. The fourth-order valence-corrected chi connectivity index (χ4v) is 5.14. The lowest BCUT2D eigenvalue weighted by atomic mass is 9.95. The Morgan fingerprint density at radius 1 is 1.06 bits per heavy atom. The van der Waals surface area contributed by atoms with Crippen LogP contribution in [0.3, 0.4) is 0 Å². The van der Waals surface area contributed by atoms with Crippen molar-refractivity contribution in [2.45, 2.75) is 25.5 Å². The van der Waals surface area contributed by atoms with E-state index in [0.717, 1.165) is 58.2 Å². The summed E-state index contributed by atoms with van der Waals surface area (Å²) in [5, 5.41) is 6.17. The van der Waals surface area contributed by atoms with E-state index in [1.165, 1.54) is 0 Å². The van der Waals surface area contributed by atoms with Gasteiger partial charge >= 0.3 is 0 Å². The zero-order valence-electron chi connectivity index (χ0n) is 17.9. The predicted molar refractivity (Wildman–Crippen MR) is 132 cm³/mol. The number of ether oxygens (including phenoxy) is 1. The summed E-state index contributed by atoms with van der Waals surface area (Å²) in [6.07, 6.45) is 2.17. The number of nitrogens with zero attached hydrogens (tertiary/aromatic N) is 1. The van der Waals surface area contributed by atoms with Crippen LogP contribution in [0, 0.1) is 0 Å². The maximum absolute atomic E-state index is 13.8. The highest BCUT2D eigenvalue weighted by Gasteiger charge is 2.25. The van der Waals surface area contributed by atoms with Gasteiger partial charge in [0.25, 0.3) is 5.91 Å². The zero-order chi connectivity index (χ0) is 21.9. The standard InChI is InChI=1S/C27H26N2O2S/c28-21-6-1-5-20(15-21)23-8-2-10-25-24(23)9-3-11-26(25)27(30)29(16-19-12-14-32-18-19)17-22-7-4-13-31-22/h1-3,5-6,8-12,14-15,18,22H,4,7,13,16-17,28H2. The van der Waals surface area contributed by atoms with E-state index in [1.807, 2.05) is 47.4 Å². The second-order valence-corrected chi connectivity index (χ2v) is 9.06. The third kappa shape index (κ3) is 4.27. The highest BCUT2D eigenvalue weighted by molar-refractivity contribution is 7.07. The van der Waals surface area contributed by atoms with E-state index in [9.17, 15) is 4.79 Å². The van der Waals surface area contributed by atoms with E-state index in [2.05, 4.69) is 35.0 Å². The molecule has 0 bridgehead atoms. The molecule has 2 N–H and O–H groups in total. The Morgan fingerprint density at radius 3 is 2.69 bits per heavy atom. The summed E-state index contributed by atoms with van der Waals surface area (Å²) < 4.78 is 5.86. The van der Waals surface area contributed by atoms with Gasteiger partial charge in [-0.05, 0) is 75.3 Å². The van der Waals surface area contributed by atoms with Gasteiger partial charge in [0, 0.05) is 30.9 Å². The molecule has 1 saturated heterocycles. The van der Waals surface area contributed by atoms with Crippen molar-refractivity contribution in [2.24, 2.45) is 0 Å². The lowest BCUT2D eigenvalue weighted by Gasteiger charge is -2.26. The van der Waals surface area contributed by atoms with Crippen molar-refractivity contribution in [1.82, 2.24) is 4.90 Å². The van der Waals surface area contributed by atoms with Gasteiger partial charge in [0.15, 0.2) is 0 Å². The number of thiophene rings is 1. The monoisotopic (exact) mass is 442 g/mol. The maximum Gasteiger partial charge on any atom is 0.254 e. The van der Waals surface area contributed by atoms with Crippen LogP contribution in [-0.2, 0) is 11.3 Å². The molecule has 2 heterocycles.